The second-order valence-electron chi connectivity index (χ2n) is 7.27. The Balaban J connectivity index is 1.43. The Morgan fingerprint density at radius 3 is 2.61 bits per heavy atom. The number of hydrogen-bond acceptors (Lipinski definition) is 5. The van der Waals surface area contributed by atoms with Gasteiger partial charge in [-0.15, -0.1) is 0 Å². The number of aliphatic carboxylic acids is 1. The van der Waals surface area contributed by atoms with Gasteiger partial charge in [0.25, 0.3) is 0 Å². The molecule has 2 aromatic heterocycles. The molecule has 0 spiro atoms. The summed E-state index contributed by atoms with van der Waals surface area (Å²) in [6.07, 6.45) is 4.83. The highest BCUT2D eigenvalue weighted by atomic mass is 16.4. The number of pyridine rings is 1. The minimum Gasteiger partial charge on any atom is -0.481 e. The fraction of sp³-hybridized carbons (Fsp3) is 0.130. The Morgan fingerprint density at radius 2 is 1.87 bits per heavy atom. The minimum atomic E-state index is -0.998. The Kier molecular flexibility index (Phi) is 5.61. The van der Waals surface area contributed by atoms with Gasteiger partial charge in [0.2, 0.25) is 5.91 Å². The van der Waals surface area contributed by atoms with Gasteiger partial charge in [0.1, 0.15) is 18.3 Å². The molecule has 0 bridgehead atoms. The molecule has 1 atom stereocenters. The summed E-state index contributed by atoms with van der Waals surface area (Å²) in [5.41, 5.74) is 7.40. The van der Waals surface area contributed by atoms with Crippen molar-refractivity contribution >= 4 is 34.2 Å². The predicted molar refractivity (Wildman–Crippen MR) is 118 cm³/mol. The third-order valence-electron chi connectivity index (χ3n) is 4.96. The van der Waals surface area contributed by atoms with Gasteiger partial charge in [-0.3, -0.25) is 9.59 Å². The van der Waals surface area contributed by atoms with E-state index < -0.39 is 11.9 Å². The monoisotopic (exact) mass is 415 g/mol. The standard InChI is InChI=1S/C23H21N5O3/c24-21-8-5-15(11-25-21)9-19(23(30)31)20-12-28(14-26-20)13-22(29)27-18-7-6-16-3-1-2-4-17(16)10-18/h1-8,10-12,14,19H,9,13H2,(H2,24,25)(H,27,29)(H,30,31). The van der Waals surface area contributed by atoms with Crippen molar-refractivity contribution in [3.8, 4) is 0 Å². The van der Waals surface area contributed by atoms with Gasteiger partial charge in [-0.25, -0.2) is 9.97 Å². The van der Waals surface area contributed by atoms with Crippen LogP contribution in [0.2, 0.25) is 0 Å². The molecule has 2 heterocycles. The molecule has 0 radical (unpaired) electrons. The molecule has 0 fully saturated rings. The molecule has 4 N–H and O–H groups in total. The molecule has 8 heteroatoms. The first kappa shape index (κ1) is 20.1. The summed E-state index contributed by atoms with van der Waals surface area (Å²) in [4.78, 5) is 32.4. The zero-order chi connectivity index (χ0) is 21.8. The molecule has 31 heavy (non-hydrogen) atoms. The van der Waals surface area contributed by atoms with Gasteiger partial charge >= 0.3 is 5.97 Å². The number of carboxylic acids is 1. The summed E-state index contributed by atoms with van der Waals surface area (Å²) in [7, 11) is 0. The third kappa shape index (κ3) is 4.87. The summed E-state index contributed by atoms with van der Waals surface area (Å²) in [5.74, 6) is -1.70. The Hall–Kier alpha value is -4.20. The van der Waals surface area contributed by atoms with Crippen LogP contribution in [0.25, 0.3) is 10.8 Å². The maximum Gasteiger partial charge on any atom is 0.312 e. The molecule has 1 unspecified atom stereocenters. The normalized spacial score (nSPS) is 11.9. The van der Waals surface area contributed by atoms with Crippen molar-refractivity contribution in [3.05, 3.63) is 84.6 Å². The molecule has 4 rings (SSSR count). The topological polar surface area (TPSA) is 123 Å². The number of carboxylic acid groups (broad SMARTS) is 1. The van der Waals surface area contributed by atoms with Crippen LogP contribution in [0.15, 0.2) is 73.3 Å². The number of nitrogens with two attached hydrogens (primary N) is 1. The van der Waals surface area contributed by atoms with Crippen molar-refractivity contribution in [3.63, 3.8) is 0 Å². The number of nitrogen functional groups attached to an aromatic ring is 1. The van der Waals surface area contributed by atoms with E-state index in [-0.39, 0.29) is 18.9 Å². The molecule has 156 valence electrons. The van der Waals surface area contributed by atoms with Crippen molar-refractivity contribution in [2.24, 2.45) is 0 Å². The van der Waals surface area contributed by atoms with Crippen molar-refractivity contribution in [1.29, 1.82) is 0 Å². The molecular formula is C23H21N5O3. The number of rotatable bonds is 7. The Morgan fingerprint density at radius 1 is 1.06 bits per heavy atom. The van der Waals surface area contributed by atoms with E-state index in [2.05, 4.69) is 15.3 Å². The maximum absolute atomic E-state index is 12.5. The Bertz CT molecular complexity index is 1230. The molecule has 4 aromatic rings. The van der Waals surface area contributed by atoms with Gasteiger partial charge in [0, 0.05) is 18.1 Å². The van der Waals surface area contributed by atoms with E-state index in [1.807, 2.05) is 42.5 Å². The van der Waals surface area contributed by atoms with Crippen molar-refractivity contribution in [2.45, 2.75) is 18.9 Å². The van der Waals surface area contributed by atoms with Gasteiger partial charge in [-0.2, -0.15) is 0 Å². The van der Waals surface area contributed by atoms with Crippen molar-refractivity contribution in [2.75, 3.05) is 11.1 Å². The number of hydrogen-bond donors (Lipinski definition) is 3. The minimum absolute atomic E-state index is 0.0234. The number of fused-ring (bicyclic) bond motifs is 1. The lowest BCUT2D eigenvalue weighted by Gasteiger charge is -2.10. The van der Waals surface area contributed by atoms with Gasteiger partial charge in [0.05, 0.1) is 12.0 Å². The van der Waals surface area contributed by atoms with E-state index in [1.54, 1.807) is 29.1 Å². The quantitative estimate of drug-likeness (QED) is 0.426. The van der Waals surface area contributed by atoms with E-state index in [9.17, 15) is 14.7 Å². The molecule has 0 aliphatic heterocycles. The smallest absolute Gasteiger partial charge is 0.312 e. The number of anilines is 2. The van der Waals surface area contributed by atoms with Crippen LogP contribution < -0.4 is 11.1 Å². The summed E-state index contributed by atoms with van der Waals surface area (Å²) in [5, 5.41) is 14.6. The number of carbonyl (C=O) groups excluding carboxylic acids is 1. The number of imidazole rings is 1. The average molecular weight is 415 g/mol. The lowest BCUT2D eigenvalue weighted by atomic mass is 9.98. The van der Waals surface area contributed by atoms with Gasteiger partial charge in [0.15, 0.2) is 0 Å². The summed E-state index contributed by atoms with van der Waals surface area (Å²) < 4.78 is 1.57. The number of nitrogens with zero attached hydrogens (tertiary/aromatic N) is 3. The second-order valence-corrected chi connectivity index (χ2v) is 7.27. The fourth-order valence-corrected chi connectivity index (χ4v) is 3.39. The number of nitrogens with one attached hydrogen (secondary N) is 1. The molecule has 0 saturated heterocycles. The van der Waals surface area contributed by atoms with Gasteiger partial charge < -0.3 is 20.7 Å². The van der Waals surface area contributed by atoms with Crippen LogP contribution in [0.4, 0.5) is 11.5 Å². The molecule has 0 aliphatic rings. The first-order valence-electron chi connectivity index (χ1n) is 9.71. The predicted octanol–water partition coefficient (Wildman–Crippen LogP) is 3.06. The van der Waals surface area contributed by atoms with Crippen LogP contribution in [0.1, 0.15) is 17.2 Å². The fourth-order valence-electron chi connectivity index (χ4n) is 3.39. The van der Waals surface area contributed by atoms with Crippen LogP contribution >= 0.6 is 0 Å². The van der Waals surface area contributed by atoms with Crippen LogP contribution in [-0.2, 0) is 22.6 Å². The molecular weight excluding hydrogens is 394 g/mol. The lowest BCUT2D eigenvalue weighted by molar-refractivity contribution is -0.138. The molecule has 2 aromatic carbocycles. The number of carbonyl (C=O) groups is 2. The maximum atomic E-state index is 12.5. The molecule has 0 aliphatic carbocycles. The first-order chi connectivity index (χ1) is 15.0. The van der Waals surface area contributed by atoms with Gasteiger partial charge in [-0.05, 0) is 41.0 Å². The van der Waals surface area contributed by atoms with E-state index in [0.717, 1.165) is 16.3 Å². The summed E-state index contributed by atoms with van der Waals surface area (Å²) in [6.45, 7) is 0.0234. The third-order valence-corrected chi connectivity index (χ3v) is 4.96. The van der Waals surface area contributed by atoms with Crippen molar-refractivity contribution < 1.29 is 14.7 Å². The number of benzene rings is 2. The first-order valence-corrected chi connectivity index (χ1v) is 9.71. The second kappa shape index (κ2) is 8.66. The lowest BCUT2D eigenvalue weighted by Crippen LogP contribution is -2.18. The molecule has 1 amide bonds. The number of aromatic nitrogens is 3. The average Bonchev–Trinajstić information content (AvgIpc) is 3.20. The highest BCUT2D eigenvalue weighted by molar-refractivity contribution is 5.94. The van der Waals surface area contributed by atoms with Crippen LogP contribution in [0.3, 0.4) is 0 Å². The zero-order valence-corrected chi connectivity index (χ0v) is 16.6. The van der Waals surface area contributed by atoms with Crippen LogP contribution in [0, 0.1) is 0 Å². The van der Waals surface area contributed by atoms with Crippen LogP contribution in [-0.4, -0.2) is 31.5 Å². The van der Waals surface area contributed by atoms with Gasteiger partial charge in [-0.1, -0.05) is 36.4 Å². The van der Waals surface area contributed by atoms with E-state index >= 15 is 0 Å². The van der Waals surface area contributed by atoms with Crippen molar-refractivity contribution in [1.82, 2.24) is 14.5 Å². The summed E-state index contributed by atoms with van der Waals surface area (Å²) >= 11 is 0. The highest BCUT2D eigenvalue weighted by Crippen LogP contribution is 2.21. The SMILES string of the molecule is Nc1ccc(CC(C(=O)O)c2cn(CC(=O)Nc3ccc4ccccc4c3)cn2)cn1. The van der Waals surface area contributed by atoms with E-state index in [1.165, 1.54) is 6.33 Å². The largest absolute Gasteiger partial charge is 0.481 e. The highest BCUT2D eigenvalue weighted by Gasteiger charge is 2.23. The number of amides is 1. The summed E-state index contributed by atoms with van der Waals surface area (Å²) in [6, 6.07) is 17.0. The van der Waals surface area contributed by atoms with Crippen LogP contribution in [0.5, 0.6) is 0 Å². The van der Waals surface area contributed by atoms with E-state index in [4.69, 9.17) is 5.73 Å². The molecule has 0 saturated carbocycles. The Labute approximate surface area is 178 Å². The zero-order valence-electron chi connectivity index (χ0n) is 16.6. The van der Waals surface area contributed by atoms with E-state index in [0.29, 0.717) is 17.2 Å². The molecule has 8 nitrogen and oxygen atoms in total.